The summed E-state index contributed by atoms with van der Waals surface area (Å²) in [6.45, 7) is 0.490. The zero-order valence-corrected chi connectivity index (χ0v) is 15.6. The molecule has 0 unspecified atom stereocenters. The van der Waals surface area contributed by atoms with Crippen LogP contribution in [-0.4, -0.2) is 47.3 Å². The monoisotopic (exact) mass is 373 g/mol. The summed E-state index contributed by atoms with van der Waals surface area (Å²) in [6, 6.07) is -1.64. The van der Waals surface area contributed by atoms with Gasteiger partial charge >= 0.3 is 5.97 Å². The number of aliphatic carboxylic acids is 1. The molecule has 0 aromatic heterocycles. The molecule has 0 aliphatic carbocycles. The van der Waals surface area contributed by atoms with Crippen molar-refractivity contribution in [3.05, 3.63) is 0 Å². The molecular weight excluding hydrogens is 342 g/mol. The van der Waals surface area contributed by atoms with Crippen molar-refractivity contribution in [1.29, 1.82) is 0 Å². The van der Waals surface area contributed by atoms with Crippen molar-refractivity contribution >= 4 is 30.4 Å². The molecule has 1 rings (SSSR count). The predicted molar refractivity (Wildman–Crippen MR) is 99.4 cm³/mol. The molecule has 5 N–H and O–H groups in total. The number of hydrogen-bond acceptors (Lipinski definition) is 5. The lowest BCUT2D eigenvalue weighted by molar-refractivity contribution is -0.142. The van der Waals surface area contributed by atoms with Gasteiger partial charge in [-0.05, 0) is 38.6 Å². The summed E-state index contributed by atoms with van der Waals surface area (Å²) in [6.07, 6.45) is 6.80. The number of hydrogen-bond donors (Lipinski definition) is 5. The van der Waals surface area contributed by atoms with E-state index in [0.29, 0.717) is 38.0 Å². The molecule has 0 spiro atoms. The molecule has 1 aliphatic rings. The quantitative estimate of drug-likeness (QED) is 0.322. The van der Waals surface area contributed by atoms with Crippen molar-refractivity contribution < 1.29 is 19.5 Å². The molecule has 0 aromatic rings. The maximum atomic E-state index is 12.5. The van der Waals surface area contributed by atoms with Crippen molar-refractivity contribution in [2.45, 2.75) is 69.9 Å². The lowest BCUT2D eigenvalue weighted by atomic mass is 9.97. The fourth-order valence-electron chi connectivity index (χ4n) is 2.98. The summed E-state index contributed by atoms with van der Waals surface area (Å²) < 4.78 is 0. The predicted octanol–water partition coefficient (Wildman–Crippen LogP) is 1.07. The third-order valence-electron chi connectivity index (χ3n) is 4.58. The van der Waals surface area contributed by atoms with Crippen LogP contribution in [0, 0.1) is 5.92 Å². The van der Waals surface area contributed by atoms with Gasteiger partial charge in [0.1, 0.15) is 12.1 Å². The Morgan fingerprint density at radius 1 is 1.24 bits per heavy atom. The van der Waals surface area contributed by atoms with Crippen LogP contribution < -0.4 is 16.4 Å². The van der Waals surface area contributed by atoms with Gasteiger partial charge < -0.3 is 21.5 Å². The Morgan fingerprint density at radius 2 is 1.92 bits per heavy atom. The fourth-order valence-corrected chi connectivity index (χ4v) is 3.33. The number of carboxylic acids is 1. The topological polar surface area (TPSA) is 122 Å². The Labute approximate surface area is 154 Å². The second kappa shape index (κ2) is 12.1. The molecule has 0 aromatic carbocycles. The molecule has 0 radical (unpaired) electrons. The van der Waals surface area contributed by atoms with E-state index in [1.807, 2.05) is 0 Å². The SMILES string of the molecule is NCCCC[C@H](NC(=O)[C@H]1CCCCCC[C@H](CS)C(=O)N1)C(=O)O. The van der Waals surface area contributed by atoms with Crippen LogP contribution in [0.3, 0.4) is 0 Å². The van der Waals surface area contributed by atoms with E-state index in [1.54, 1.807) is 0 Å². The Hall–Kier alpha value is -1.28. The summed E-state index contributed by atoms with van der Waals surface area (Å²) >= 11 is 4.23. The molecule has 1 aliphatic heterocycles. The molecule has 8 heteroatoms. The zero-order chi connectivity index (χ0) is 18.7. The summed E-state index contributed by atoms with van der Waals surface area (Å²) in [5.74, 6) is -1.43. The van der Waals surface area contributed by atoms with Gasteiger partial charge in [0, 0.05) is 11.7 Å². The molecule has 2 amide bonds. The second-order valence-electron chi connectivity index (χ2n) is 6.62. The van der Waals surface area contributed by atoms with Gasteiger partial charge in [-0.15, -0.1) is 0 Å². The van der Waals surface area contributed by atoms with Crippen LogP contribution in [0.1, 0.15) is 57.8 Å². The molecule has 3 atom stereocenters. The highest BCUT2D eigenvalue weighted by Gasteiger charge is 2.28. The Balaban J connectivity index is 2.69. The minimum Gasteiger partial charge on any atom is -0.480 e. The molecule has 0 saturated carbocycles. The van der Waals surface area contributed by atoms with Crippen molar-refractivity contribution in [3.63, 3.8) is 0 Å². The standard InChI is InChI=1S/C17H31N3O4S/c18-10-6-5-9-14(17(23)24)20-16(22)13-8-4-2-1-3-7-12(11-25)15(21)19-13/h12-14,25H,1-11,18H2,(H,19,21)(H,20,22)(H,23,24)/t12-,13-,14+/m1/s1. The third kappa shape index (κ3) is 8.09. The molecular formula is C17H31N3O4S. The van der Waals surface area contributed by atoms with Gasteiger partial charge in [-0.3, -0.25) is 9.59 Å². The largest absolute Gasteiger partial charge is 0.480 e. The highest BCUT2D eigenvalue weighted by molar-refractivity contribution is 7.80. The fraction of sp³-hybridized carbons (Fsp3) is 0.824. The van der Waals surface area contributed by atoms with E-state index >= 15 is 0 Å². The van der Waals surface area contributed by atoms with Crippen LogP contribution in [0.2, 0.25) is 0 Å². The van der Waals surface area contributed by atoms with Crippen molar-refractivity contribution in [2.75, 3.05) is 12.3 Å². The smallest absolute Gasteiger partial charge is 0.326 e. The normalized spacial score (nSPS) is 23.4. The molecule has 25 heavy (non-hydrogen) atoms. The number of carbonyl (C=O) groups is 3. The Bertz CT molecular complexity index is 448. The van der Waals surface area contributed by atoms with Crippen LogP contribution in [0.5, 0.6) is 0 Å². The van der Waals surface area contributed by atoms with E-state index in [1.165, 1.54) is 0 Å². The number of carbonyl (C=O) groups excluding carboxylic acids is 2. The third-order valence-corrected chi connectivity index (χ3v) is 5.02. The molecule has 1 heterocycles. The summed E-state index contributed by atoms with van der Waals surface area (Å²) in [4.78, 5) is 36.2. The van der Waals surface area contributed by atoms with E-state index in [2.05, 4.69) is 23.3 Å². The van der Waals surface area contributed by atoms with Crippen molar-refractivity contribution in [3.8, 4) is 0 Å². The lowest BCUT2D eigenvalue weighted by Gasteiger charge is -2.24. The van der Waals surface area contributed by atoms with Crippen LogP contribution in [0.25, 0.3) is 0 Å². The highest BCUT2D eigenvalue weighted by atomic mass is 32.1. The van der Waals surface area contributed by atoms with E-state index < -0.39 is 24.0 Å². The number of amides is 2. The van der Waals surface area contributed by atoms with Gasteiger partial charge in [0.25, 0.3) is 0 Å². The lowest BCUT2D eigenvalue weighted by Crippen LogP contribution is -2.52. The van der Waals surface area contributed by atoms with E-state index in [4.69, 9.17) is 5.73 Å². The van der Waals surface area contributed by atoms with Gasteiger partial charge in [-0.2, -0.15) is 12.6 Å². The van der Waals surface area contributed by atoms with Gasteiger partial charge in [0.15, 0.2) is 0 Å². The highest BCUT2D eigenvalue weighted by Crippen LogP contribution is 2.17. The van der Waals surface area contributed by atoms with Crippen LogP contribution in [0.15, 0.2) is 0 Å². The van der Waals surface area contributed by atoms with Crippen molar-refractivity contribution in [2.24, 2.45) is 11.7 Å². The summed E-state index contributed by atoms with van der Waals surface area (Å²) in [5, 5.41) is 14.6. The Morgan fingerprint density at radius 3 is 2.52 bits per heavy atom. The van der Waals surface area contributed by atoms with Gasteiger partial charge in [0.05, 0.1) is 0 Å². The number of carboxylic acid groups (broad SMARTS) is 1. The van der Waals surface area contributed by atoms with E-state index in [0.717, 1.165) is 32.1 Å². The summed E-state index contributed by atoms with van der Waals surface area (Å²) in [7, 11) is 0. The molecule has 144 valence electrons. The second-order valence-corrected chi connectivity index (χ2v) is 6.98. The average Bonchev–Trinajstić information content (AvgIpc) is 2.58. The minimum absolute atomic E-state index is 0.174. The first kappa shape index (κ1) is 21.8. The zero-order valence-electron chi connectivity index (χ0n) is 14.7. The first-order valence-electron chi connectivity index (χ1n) is 9.14. The first-order valence-corrected chi connectivity index (χ1v) is 9.77. The van der Waals surface area contributed by atoms with E-state index in [9.17, 15) is 19.5 Å². The minimum atomic E-state index is -1.07. The number of rotatable bonds is 8. The molecule has 1 saturated heterocycles. The number of nitrogens with two attached hydrogens (primary N) is 1. The maximum absolute atomic E-state index is 12.5. The van der Waals surface area contributed by atoms with Gasteiger partial charge in [0.2, 0.25) is 11.8 Å². The maximum Gasteiger partial charge on any atom is 0.326 e. The molecule has 7 nitrogen and oxygen atoms in total. The number of nitrogens with one attached hydrogen (secondary N) is 2. The molecule has 0 bridgehead atoms. The van der Waals surface area contributed by atoms with Crippen LogP contribution in [-0.2, 0) is 14.4 Å². The van der Waals surface area contributed by atoms with Gasteiger partial charge in [-0.25, -0.2) is 4.79 Å². The van der Waals surface area contributed by atoms with E-state index in [-0.39, 0.29) is 11.8 Å². The van der Waals surface area contributed by atoms with Crippen LogP contribution in [0.4, 0.5) is 0 Å². The summed E-state index contributed by atoms with van der Waals surface area (Å²) in [5.41, 5.74) is 5.42. The van der Waals surface area contributed by atoms with Gasteiger partial charge in [-0.1, -0.05) is 25.7 Å². The Kier molecular flexibility index (Phi) is 10.6. The number of unbranched alkanes of at least 4 members (excludes halogenated alkanes) is 1. The molecule has 1 fully saturated rings. The number of thiol groups is 1. The van der Waals surface area contributed by atoms with Crippen LogP contribution >= 0.6 is 12.6 Å². The first-order chi connectivity index (χ1) is 12.0. The van der Waals surface area contributed by atoms with Crippen molar-refractivity contribution in [1.82, 2.24) is 10.6 Å². The average molecular weight is 374 g/mol.